The van der Waals surface area contributed by atoms with E-state index in [-0.39, 0.29) is 12.0 Å². The number of carbonyl (C=O) groups is 1. The molecule has 1 aliphatic heterocycles. The van der Waals surface area contributed by atoms with E-state index >= 15 is 0 Å². The van der Waals surface area contributed by atoms with Crippen LogP contribution < -0.4 is 10.1 Å². The smallest absolute Gasteiger partial charge is 0.321 e. The average molecular weight is 313 g/mol. The van der Waals surface area contributed by atoms with E-state index in [4.69, 9.17) is 16.3 Å². The van der Waals surface area contributed by atoms with Gasteiger partial charge in [0.1, 0.15) is 18.4 Å². The van der Waals surface area contributed by atoms with E-state index in [1.807, 2.05) is 36.4 Å². The first-order valence-electron chi connectivity index (χ1n) is 6.89. The molecule has 4 nitrogen and oxygen atoms in total. The van der Waals surface area contributed by atoms with Gasteiger partial charge in [0.25, 0.3) is 0 Å². The van der Waals surface area contributed by atoms with Gasteiger partial charge in [-0.2, -0.15) is 0 Å². The van der Waals surface area contributed by atoms with E-state index in [9.17, 15) is 4.79 Å². The Labute approximate surface area is 132 Å². The first-order chi connectivity index (χ1) is 10.7. The van der Waals surface area contributed by atoms with Crippen LogP contribution in [0.2, 0.25) is 0 Å². The SMILES string of the molecule is C#CCOc1ccc2ccccc2c1[C@H]1N[C@H](C(=O)O)CS1. The van der Waals surface area contributed by atoms with E-state index in [2.05, 4.69) is 11.2 Å². The molecular formula is C17H15NO3S. The minimum Gasteiger partial charge on any atom is -0.481 e. The van der Waals surface area contributed by atoms with Crippen LogP contribution >= 0.6 is 11.8 Å². The van der Waals surface area contributed by atoms with Gasteiger partial charge in [0.05, 0.1) is 5.37 Å². The summed E-state index contributed by atoms with van der Waals surface area (Å²) in [5.41, 5.74) is 0.960. The van der Waals surface area contributed by atoms with E-state index in [1.54, 1.807) is 11.8 Å². The summed E-state index contributed by atoms with van der Waals surface area (Å²) < 4.78 is 5.67. The van der Waals surface area contributed by atoms with Crippen molar-refractivity contribution in [2.75, 3.05) is 12.4 Å². The number of carboxylic acids is 1. The average Bonchev–Trinajstić information content (AvgIpc) is 3.02. The third kappa shape index (κ3) is 2.76. The van der Waals surface area contributed by atoms with Crippen LogP contribution in [0.5, 0.6) is 5.75 Å². The Kier molecular flexibility index (Phi) is 4.23. The maximum atomic E-state index is 11.2. The molecule has 1 fully saturated rings. The highest BCUT2D eigenvalue weighted by molar-refractivity contribution is 7.99. The maximum Gasteiger partial charge on any atom is 0.321 e. The molecule has 2 N–H and O–H groups in total. The highest BCUT2D eigenvalue weighted by atomic mass is 32.2. The predicted octanol–water partition coefficient (Wildman–Crippen LogP) is 2.64. The topological polar surface area (TPSA) is 58.6 Å². The summed E-state index contributed by atoms with van der Waals surface area (Å²) in [4.78, 5) is 11.2. The molecule has 2 aromatic carbocycles. The number of thioether (sulfide) groups is 1. The Bertz CT molecular complexity index is 753. The minimum absolute atomic E-state index is 0.125. The number of fused-ring (bicyclic) bond motifs is 1. The molecule has 0 bridgehead atoms. The van der Waals surface area contributed by atoms with Crippen molar-refractivity contribution in [3.05, 3.63) is 42.0 Å². The quantitative estimate of drug-likeness (QED) is 0.850. The zero-order valence-electron chi connectivity index (χ0n) is 11.8. The lowest BCUT2D eigenvalue weighted by atomic mass is 10.0. The van der Waals surface area contributed by atoms with E-state index in [0.29, 0.717) is 11.5 Å². The van der Waals surface area contributed by atoms with Crippen LogP contribution in [0.15, 0.2) is 36.4 Å². The van der Waals surface area contributed by atoms with Crippen molar-refractivity contribution in [2.24, 2.45) is 0 Å². The monoisotopic (exact) mass is 313 g/mol. The Hall–Kier alpha value is -2.16. The highest BCUT2D eigenvalue weighted by Gasteiger charge is 2.32. The Morgan fingerprint density at radius 2 is 2.23 bits per heavy atom. The Morgan fingerprint density at radius 3 is 2.95 bits per heavy atom. The lowest BCUT2D eigenvalue weighted by Crippen LogP contribution is -2.33. The molecule has 2 aromatic rings. The third-order valence-electron chi connectivity index (χ3n) is 3.58. The lowest BCUT2D eigenvalue weighted by Gasteiger charge is -2.18. The van der Waals surface area contributed by atoms with Gasteiger partial charge in [0.2, 0.25) is 0 Å². The molecule has 2 atom stereocenters. The number of benzene rings is 2. The number of carboxylic acid groups (broad SMARTS) is 1. The van der Waals surface area contributed by atoms with Gasteiger partial charge in [-0.05, 0) is 16.8 Å². The van der Waals surface area contributed by atoms with Gasteiger partial charge in [0.15, 0.2) is 0 Å². The first-order valence-corrected chi connectivity index (χ1v) is 7.94. The lowest BCUT2D eigenvalue weighted by molar-refractivity contribution is -0.138. The molecule has 0 aromatic heterocycles. The fourth-order valence-electron chi connectivity index (χ4n) is 2.57. The Morgan fingerprint density at radius 1 is 1.41 bits per heavy atom. The molecule has 1 aliphatic rings. The molecule has 0 radical (unpaired) electrons. The van der Waals surface area contributed by atoms with E-state index in [0.717, 1.165) is 16.3 Å². The molecule has 1 saturated heterocycles. The van der Waals surface area contributed by atoms with E-state index < -0.39 is 12.0 Å². The van der Waals surface area contributed by atoms with Gasteiger partial charge in [-0.1, -0.05) is 36.3 Å². The van der Waals surface area contributed by atoms with Crippen LogP contribution in [0.25, 0.3) is 10.8 Å². The van der Waals surface area contributed by atoms with Crippen LogP contribution in [-0.4, -0.2) is 29.5 Å². The summed E-state index contributed by atoms with van der Waals surface area (Å²) >= 11 is 1.57. The number of rotatable bonds is 4. The molecule has 0 saturated carbocycles. The number of hydrogen-bond donors (Lipinski definition) is 2. The van der Waals surface area contributed by atoms with Gasteiger partial charge >= 0.3 is 5.97 Å². The summed E-state index contributed by atoms with van der Waals surface area (Å²) in [5, 5.41) is 14.3. The summed E-state index contributed by atoms with van der Waals surface area (Å²) in [6.07, 6.45) is 5.28. The zero-order valence-corrected chi connectivity index (χ0v) is 12.6. The molecular weight excluding hydrogens is 298 g/mol. The van der Waals surface area contributed by atoms with Crippen LogP contribution in [0.1, 0.15) is 10.9 Å². The van der Waals surface area contributed by atoms with Crippen LogP contribution in [0, 0.1) is 12.3 Å². The second kappa shape index (κ2) is 6.30. The number of hydrogen-bond acceptors (Lipinski definition) is 4. The number of aliphatic carboxylic acids is 1. The first kappa shape index (κ1) is 14.8. The summed E-state index contributed by atoms with van der Waals surface area (Å²) in [7, 11) is 0. The molecule has 5 heteroatoms. The number of ether oxygens (including phenoxy) is 1. The largest absolute Gasteiger partial charge is 0.481 e. The summed E-state index contributed by atoms with van der Waals surface area (Å²) in [6, 6.07) is 11.3. The molecule has 3 rings (SSSR count). The predicted molar refractivity (Wildman–Crippen MR) is 88.0 cm³/mol. The van der Waals surface area contributed by atoms with Crippen molar-refractivity contribution < 1.29 is 14.6 Å². The molecule has 1 heterocycles. The van der Waals surface area contributed by atoms with Gasteiger partial charge in [-0.15, -0.1) is 18.2 Å². The fraction of sp³-hybridized carbons (Fsp3) is 0.235. The number of nitrogens with one attached hydrogen (secondary N) is 1. The van der Waals surface area contributed by atoms with Crippen molar-refractivity contribution >= 4 is 28.5 Å². The zero-order chi connectivity index (χ0) is 15.5. The molecule has 0 unspecified atom stereocenters. The molecule has 22 heavy (non-hydrogen) atoms. The fourth-order valence-corrected chi connectivity index (χ4v) is 3.87. The van der Waals surface area contributed by atoms with Crippen molar-refractivity contribution in [1.29, 1.82) is 0 Å². The van der Waals surface area contributed by atoms with Crippen molar-refractivity contribution in [3.63, 3.8) is 0 Å². The van der Waals surface area contributed by atoms with E-state index in [1.165, 1.54) is 0 Å². The molecule has 0 amide bonds. The Balaban J connectivity index is 2.05. The van der Waals surface area contributed by atoms with Crippen LogP contribution in [-0.2, 0) is 4.79 Å². The second-order valence-corrected chi connectivity index (χ2v) is 6.10. The standard InChI is InChI=1S/C17H15NO3S/c1-2-9-21-14-8-7-11-5-3-4-6-12(11)15(14)16-18-13(10-22-16)17(19)20/h1,3-8,13,16,18H,9-10H2,(H,19,20)/t13-,16-/m0/s1. The summed E-state index contributed by atoms with van der Waals surface area (Å²) in [5.74, 6) is 2.86. The minimum atomic E-state index is -0.832. The molecule has 112 valence electrons. The molecule has 0 aliphatic carbocycles. The third-order valence-corrected chi connectivity index (χ3v) is 4.81. The van der Waals surface area contributed by atoms with Crippen molar-refractivity contribution in [1.82, 2.24) is 5.32 Å². The van der Waals surface area contributed by atoms with Gasteiger partial charge in [0, 0.05) is 11.3 Å². The summed E-state index contributed by atoms with van der Waals surface area (Å²) in [6.45, 7) is 0.186. The van der Waals surface area contributed by atoms with Crippen LogP contribution in [0.4, 0.5) is 0 Å². The maximum absolute atomic E-state index is 11.2. The number of terminal acetylenes is 1. The van der Waals surface area contributed by atoms with Gasteiger partial charge < -0.3 is 9.84 Å². The highest BCUT2D eigenvalue weighted by Crippen LogP contribution is 2.41. The molecule has 0 spiro atoms. The van der Waals surface area contributed by atoms with Crippen LogP contribution in [0.3, 0.4) is 0 Å². The second-order valence-electron chi connectivity index (χ2n) is 4.96. The van der Waals surface area contributed by atoms with Crippen molar-refractivity contribution in [2.45, 2.75) is 11.4 Å². The van der Waals surface area contributed by atoms with Crippen molar-refractivity contribution in [3.8, 4) is 18.1 Å². The normalized spacial score (nSPS) is 20.7. The van der Waals surface area contributed by atoms with Gasteiger partial charge in [-0.3, -0.25) is 10.1 Å². The van der Waals surface area contributed by atoms with Gasteiger partial charge in [-0.25, -0.2) is 0 Å².